The first-order chi connectivity index (χ1) is 8.83. The summed E-state index contributed by atoms with van der Waals surface area (Å²) < 4.78 is 5.19. The molecule has 0 bridgehead atoms. The number of rotatable bonds is 6. The first-order valence-electron chi connectivity index (χ1n) is 6.93. The normalized spacial score (nSPS) is 19.2. The molecule has 1 unspecified atom stereocenters. The minimum atomic E-state index is 0.790. The third-order valence-electron chi connectivity index (χ3n) is 3.58. The number of anilines is 1. The number of benzene rings is 1. The highest BCUT2D eigenvalue weighted by Crippen LogP contribution is 2.25. The molecule has 1 heterocycles. The molecule has 1 atom stereocenters. The third-order valence-corrected chi connectivity index (χ3v) is 3.58. The van der Waals surface area contributed by atoms with Gasteiger partial charge < -0.3 is 15.0 Å². The van der Waals surface area contributed by atoms with E-state index in [-0.39, 0.29) is 0 Å². The van der Waals surface area contributed by atoms with Crippen LogP contribution in [0.3, 0.4) is 0 Å². The number of nitrogens with one attached hydrogen (secondary N) is 1. The van der Waals surface area contributed by atoms with Gasteiger partial charge in [0.1, 0.15) is 5.75 Å². The molecule has 1 aliphatic heterocycles. The van der Waals surface area contributed by atoms with Crippen LogP contribution in [0.2, 0.25) is 0 Å². The molecule has 0 aliphatic carbocycles. The molecule has 1 aromatic carbocycles. The maximum atomic E-state index is 5.19. The van der Waals surface area contributed by atoms with Gasteiger partial charge in [-0.15, -0.1) is 0 Å². The SMILES string of the molecule is CCCNCC1CCN(c2ccc(OC)cc2)C1. The Balaban J connectivity index is 1.83. The Hall–Kier alpha value is -1.22. The number of ether oxygens (including phenoxy) is 1. The Bertz CT molecular complexity index is 350. The largest absolute Gasteiger partial charge is 0.497 e. The van der Waals surface area contributed by atoms with E-state index in [9.17, 15) is 0 Å². The summed E-state index contributed by atoms with van der Waals surface area (Å²) >= 11 is 0. The van der Waals surface area contributed by atoms with E-state index in [0.717, 1.165) is 24.8 Å². The summed E-state index contributed by atoms with van der Waals surface area (Å²) in [4.78, 5) is 2.47. The molecule has 0 spiro atoms. The van der Waals surface area contributed by atoms with E-state index in [1.54, 1.807) is 7.11 Å². The van der Waals surface area contributed by atoms with Crippen LogP contribution < -0.4 is 15.0 Å². The maximum absolute atomic E-state index is 5.19. The molecule has 0 saturated carbocycles. The smallest absolute Gasteiger partial charge is 0.119 e. The van der Waals surface area contributed by atoms with E-state index in [1.165, 1.54) is 31.6 Å². The van der Waals surface area contributed by atoms with E-state index < -0.39 is 0 Å². The van der Waals surface area contributed by atoms with Crippen molar-refractivity contribution in [2.24, 2.45) is 5.92 Å². The quantitative estimate of drug-likeness (QED) is 0.783. The zero-order valence-electron chi connectivity index (χ0n) is 11.5. The summed E-state index contributed by atoms with van der Waals surface area (Å²) in [5.41, 5.74) is 1.31. The second-order valence-electron chi connectivity index (χ2n) is 5.00. The van der Waals surface area contributed by atoms with Crippen LogP contribution in [-0.4, -0.2) is 33.3 Å². The van der Waals surface area contributed by atoms with Crippen molar-refractivity contribution in [3.05, 3.63) is 24.3 Å². The molecule has 1 N–H and O–H groups in total. The zero-order chi connectivity index (χ0) is 12.8. The van der Waals surface area contributed by atoms with Gasteiger partial charge in [0.25, 0.3) is 0 Å². The third kappa shape index (κ3) is 3.39. The number of methoxy groups -OCH3 is 1. The van der Waals surface area contributed by atoms with Crippen LogP contribution in [0.15, 0.2) is 24.3 Å². The summed E-state index contributed by atoms with van der Waals surface area (Å²) in [5.74, 6) is 1.72. The van der Waals surface area contributed by atoms with Crippen molar-refractivity contribution in [2.45, 2.75) is 19.8 Å². The van der Waals surface area contributed by atoms with E-state index in [1.807, 2.05) is 12.1 Å². The van der Waals surface area contributed by atoms with Crippen molar-refractivity contribution in [1.29, 1.82) is 0 Å². The first kappa shape index (κ1) is 13.2. The summed E-state index contributed by atoms with van der Waals surface area (Å²) in [6.07, 6.45) is 2.51. The molecule has 0 radical (unpaired) electrons. The highest BCUT2D eigenvalue weighted by molar-refractivity contribution is 5.49. The van der Waals surface area contributed by atoms with E-state index in [2.05, 4.69) is 29.3 Å². The van der Waals surface area contributed by atoms with Crippen LogP contribution in [0.5, 0.6) is 5.75 Å². The average molecular weight is 248 g/mol. The summed E-state index contributed by atoms with van der Waals surface area (Å²) in [6, 6.07) is 8.39. The van der Waals surface area contributed by atoms with E-state index in [0.29, 0.717) is 0 Å². The lowest BCUT2D eigenvalue weighted by Crippen LogP contribution is -2.26. The molecule has 18 heavy (non-hydrogen) atoms. The Labute approximate surface area is 110 Å². The van der Waals surface area contributed by atoms with Gasteiger partial charge in [-0.1, -0.05) is 6.92 Å². The lowest BCUT2D eigenvalue weighted by molar-refractivity contribution is 0.415. The Morgan fingerprint density at radius 1 is 1.33 bits per heavy atom. The van der Waals surface area contributed by atoms with Gasteiger partial charge >= 0.3 is 0 Å². The van der Waals surface area contributed by atoms with Crippen LogP contribution >= 0.6 is 0 Å². The molecule has 0 amide bonds. The maximum Gasteiger partial charge on any atom is 0.119 e. The van der Waals surface area contributed by atoms with E-state index in [4.69, 9.17) is 4.74 Å². The topological polar surface area (TPSA) is 24.5 Å². The summed E-state index contributed by atoms with van der Waals surface area (Å²) in [6.45, 7) is 6.85. The molecule has 2 rings (SSSR count). The molecule has 3 heteroatoms. The van der Waals surface area contributed by atoms with Gasteiger partial charge in [-0.05, 0) is 56.1 Å². The minimum absolute atomic E-state index is 0.790. The Morgan fingerprint density at radius 2 is 2.11 bits per heavy atom. The highest BCUT2D eigenvalue weighted by Gasteiger charge is 2.22. The molecule has 100 valence electrons. The van der Waals surface area contributed by atoms with Crippen molar-refractivity contribution in [3.8, 4) is 5.75 Å². The molecule has 0 aromatic heterocycles. The molecule has 3 nitrogen and oxygen atoms in total. The Morgan fingerprint density at radius 3 is 2.78 bits per heavy atom. The molecule has 1 aliphatic rings. The van der Waals surface area contributed by atoms with Crippen molar-refractivity contribution in [3.63, 3.8) is 0 Å². The lowest BCUT2D eigenvalue weighted by atomic mass is 10.1. The van der Waals surface area contributed by atoms with E-state index >= 15 is 0 Å². The predicted molar refractivity (Wildman–Crippen MR) is 76.5 cm³/mol. The van der Waals surface area contributed by atoms with Crippen molar-refractivity contribution in [1.82, 2.24) is 5.32 Å². The summed E-state index contributed by atoms with van der Waals surface area (Å²) in [5, 5.41) is 3.52. The van der Waals surface area contributed by atoms with Crippen LogP contribution in [0.1, 0.15) is 19.8 Å². The van der Waals surface area contributed by atoms with Gasteiger partial charge in [0.15, 0.2) is 0 Å². The standard InChI is InChI=1S/C15H24N2O/c1-3-9-16-11-13-8-10-17(12-13)14-4-6-15(18-2)7-5-14/h4-7,13,16H,3,8-12H2,1-2H3. The second-order valence-corrected chi connectivity index (χ2v) is 5.00. The molecule has 1 fully saturated rings. The molecule has 1 saturated heterocycles. The fourth-order valence-corrected chi connectivity index (χ4v) is 2.51. The predicted octanol–water partition coefficient (Wildman–Crippen LogP) is 2.52. The average Bonchev–Trinajstić information content (AvgIpc) is 2.88. The summed E-state index contributed by atoms with van der Waals surface area (Å²) in [7, 11) is 1.71. The molecule has 1 aromatic rings. The number of hydrogen-bond acceptors (Lipinski definition) is 3. The Kier molecular flexibility index (Phi) is 4.88. The first-order valence-corrected chi connectivity index (χ1v) is 6.93. The fraction of sp³-hybridized carbons (Fsp3) is 0.600. The van der Waals surface area contributed by atoms with Gasteiger partial charge in [-0.25, -0.2) is 0 Å². The van der Waals surface area contributed by atoms with Gasteiger partial charge in [0.05, 0.1) is 7.11 Å². The number of nitrogens with zero attached hydrogens (tertiary/aromatic N) is 1. The zero-order valence-corrected chi connectivity index (χ0v) is 11.5. The minimum Gasteiger partial charge on any atom is -0.497 e. The van der Waals surface area contributed by atoms with Crippen molar-refractivity contribution < 1.29 is 4.74 Å². The van der Waals surface area contributed by atoms with Crippen molar-refractivity contribution in [2.75, 3.05) is 38.2 Å². The molecular formula is C15H24N2O. The van der Waals surface area contributed by atoms with Gasteiger partial charge in [-0.3, -0.25) is 0 Å². The van der Waals surface area contributed by atoms with Crippen LogP contribution in [0.25, 0.3) is 0 Å². The lowest BCUT2D eigenvalue weighted by Gasteiger charge is -2.19. The fourth-order valence-electron chi connectivity index (χ4n) is 2.51. The van der Waals surface area contributed by atoms with Crippen molar-refractivity contribution >= 4 is 5.69 Å². The monoisotopic (exact) mass is 248 g/mol. The van der Waals surface area contributed by atoms with Gasteiger partial charge in [0.2, 0.25) is 0 Å². The van der Waals surface area contributed by atoms with Crippen LogP contribution in [0, 0.1) is 5.92 Å². The van der Waals surface area contributed by atoms with Gasteiger partial charge in [-0.2, -0.15) is 0 Å². The number of hydrogen-bond donors (Lipinski definition) is 1. The van der Waals surface area contributed by atoms with Crippen LogP contribution in [-0.2, 0) is 0 Å². The highest BCUT2D eigenvalue weighted by atomic mass is 16.5. The van der Waals surface area contributed by atoms with Crippen LogP contribution in [0.4, 0.5) is 5.69 Å². The second kappa shape index (κ2) is 6.64. The van der Waals surface area contributed by atoms with Gasteiger partial charge in [0, 0.05) is 18.8 Å². The molecular weight excluding hydrogens is 224 g/mol.